The summed E-state index contributed by atoms with van der Waals surface area (Å²) in [7, 11) is 0. The molecule has 104 valence electrons. The summed E-state index contributed by atoms with van der Waals surface area (Å²) in [5.41, 5.74) is 0.789. The van der Waals surface area contributed by atoms with Crippen molar-refractivity contribution in [2.24, 2.45) is 0 Å². The van der Waals surface area contributed by atoms with E-state index in [0.717, 1.165) is 0 Å². The number of nitrogens with one attached hydrogen (secondary N) is 1. The minimum absolute atomic E-state index is 0.104. The Morgan fingerprint density at radius 1 is 1.45 bits per heavy atom. The highest BCUT2D eigenvalue weighted by Gasteiger charge is 2.15. The molecule has 0 aliphatic carbocycles. The minimum Gasteiger partial charge on any atom is -0.467 e. The summed E-state index contributed by atoms with van der Waals surface area (Å²) >= 11 is 0. The van der Waals surface area contributed by atoms with Crippen LogP contribution < -0.4 is 5.32 Å². The number of hydrogen-bond donors (Lipinski definition) is 2. The van der Waals surface area contributed by atoms with Crippen molar-refractivity contribution < 1.29 is 13.9 Å². The first kappa shape index (κ1) is 14.1. The molecule has 2 aromatic rings. The Labute approximate surface area is 116 Å². The molecule has 2 atom stereocenters. The van der Waals surface area contributed by atoms with Crippen molar-refractivity contribution in [3.8, 4) is 6.07 Å². The Kier molecular flexibility index (Phi) is 4.38. The van der Waals surface area contributed by atoms with Crippen molar-refractivity contribution in [3.63, 3.8) is 0 Å². The second-order valence-corrected chi connectivity index (χ2v) is 4.61. The van der Waals surface area contributed by atoms with Gasteiger partial charge in [0.1, 0.15) is 23.8 Å². The molecule has 0 radical (unpaired) electrons. The van der Waals surface area contributed by atoms with E-state index in [-0.39, 0.29) is 11.6 Å². The van der Waals surface area contributed by atoms with E-state index >= 15 is 0 Å². The van der Waals surface area contributed by atoms with E-state index < -0.39 is 11.9 Å². The fraction of sp³-hybridized carbons (Fsp3) is 0.267. The molecule has 1 aromatic carbocycles. The summed E-state index contributed by atoms with van der Waals surface area (Å²) in [5, 5.41) is 22.0. The van der Waals surface area contributed by atoms with Crippen LogP contribution in [0.25, 0.3) is 0 Å². The number of aliphatic hydroxyl groups is 1. The normalized spacial score (nSPS) is 13.5. The number of benzene rings is 1. The van der Waals surface area contributed by atoms with Crippen LogP contribution in [0, 0.1) is 17.1 Å². The first-order valence-corrected chi connectivity index (χ1v) is 6.28. The SMILES string of the molecule is C[C@H](C[C@@H](O)c1ccco1)Nc1ccc(F)cc1C#N. The highest BCUT2D eigenvalue weighted by atomic mass is 19.1. The monoisotopic (exact) mass is 274 g/mol. The lowest BCUT2D eigenvalue weighted by molar-refractivity contribution is 0.136. The molecule has 0 aliphatic heterocycles. The quantitative estimate of drug-likeness (QED) is 0.878. The number of aliphatic hydroxyl groups excluding tert-OH is 1. The minimum atomic E-state index is -0.724. The molecule has 0 unspecified atom stereocenters. The van der Waals surface area contributed by atoms with E-state index in [2.05, 4.69) is 5.32 Å². The third kappa shape index (κ3) is 3.37. The second kappa shape index (κ2) is 6.22. The van der Waals surface area contributed by atoms with Crippen LogP contribution in [0.2, 0.25) is 0 Å². The van der Waals surface area contributed by atoms with Crippen LogP contribution in [0.3, 0.4) is 0 Å². The Balaban J connectivity index is 2.01. The molecule has 0 saturated carbocycles. The van der Waals surface area contributed by atoms with Gasteiger partial charge in [-0.05, 0) is 37.3 Å². The Bertz CT molecular complexity index is 605. The van der Waals surface area contributed by atoms with Gasteiger partial charge in [0.25, 0.3) is 0 Å². The highest BCUT2D eigenvalue weighted by molar-refractivity contribution is 5.57. The van der Waals surface area contributed by atoms with Crippen LogP contribution in [0.15, 0.2) is 41.0 Å². The van der Waals surface area contributed by atoms with Crippen molar-refractivity contribution >= 4 is 5.69 Å². The van der Waals surface area contributed by atoms with Crippen LogP contribution in [0.4, 0.5) is 10.1 Å². The second-order valence-electron chi connectivity index (χ2n) is 4.61. The van der Waals surface area contributed by atoms with E-state index in [1.807, 2.05) is 13.0 Å². The van der Waals surface area contributed by atoms with E-state index in [1.165, 1.54) is 24.5 Å². The smallest absolute Gasteiger partial charge is 0.132 e. The van der Waals surface area contributed by atoms with Gasteiger partial charge in [0.15, 0.2) is 0 Å². The van der Waals surface area contributed by atoms with Crippen molar-refractivity contribution in [3.05, 3.63) is 53.7 Å². The van der Waals surface area contributed by atoms with Crippen molar-refractivity contribution in [1.29, 1.82) is 5.26 Å². The molecular formula is C15H15FN2O2. The molecule has 2 N–H and O–H groups in total. The molecule has 0 saturated heterocycles. The maximum Gasteiger partial charge on any atom is 0.132 e. The molecule has 5 heteroatoms. The van der Waals surface area contributed by atoms with Gasteiger partial charge in [-0.25, -0.2) is 4.39 Å². The number of halogens is 1. The lowest BCUT2D eigenvalue weighted by atomic mass is 10.1. The van der Waals surface area contributed by atoms with Gasteiger partial charge in [-0.1, -0.05) is 0 Å². The summed E-state index contributed by atoms with van der Waals surface area (Å²) in [4.78, 5) is 0. The van der Waals surface area contributed by atoms with Crippen molar-refractivity contribution in [1.82, 2.24) is 0 Å². The van der Waals surface area contributed by atoms with E-state index in [9.17, 15) is 9.50 Å². The Morgan fingerprint density at radius 3 is 2.90 bits per heavy atom. The predicted octanol–water partition coefficient (Wildman–Crippen LogP) is 3.21. The molecule has 1 heterocycles. The van der Waals surface area contributed by atoms with Crippen molar-refractivity contribution in [2.75, 3.05) is 5.32 Å². The van der Waals surface area contributed by atoms with Gasteiger partial charge in [-0.15, -0.1) is 0 Å². The standard InChI is InChI=1S/C15H15FN2O2/c1-10(7-14(19)15-3-2-6-20-15)18-13-5-4-12(16)8-11(13)9-17/h2-6,8,10,14,18-19H,7H2,1H3/t10-,14-/m1/s1. The zero-order valence-electron chi connectivity index (χ0n) is 11.0. The maximum absolute atomic E-state index is 13.0. The summed E-state index contributed by atoms with van der Waals surface area (Å²) in [6.45, 7) is 1.87. The van der Waals surface area contributed by atoms with E-state index in [4.69, 9.17) is 9.68 Å². The average molecular weight is 274 g/mol. The van der Waals surface area contributed by atoms with Crippen LogP contribution in [-0.4, -0.2) is 11.1 Å². The molecule has 0 aliphatic rings. The largest absolute Gasteiger partial charge is 0.467 e. The zero-order valence-corrected chi connectivity index (χ0v) is 11.0. The van der Waals surface area contributed by atoms with Crippen LogP contribution >= 0.6 is 0 Å². The first-order valence-electron chi connectivity index (χ1n) is 6.28. The summed E-state index contributed by atoms with van der Waals surface area (Å²) in [6.07, 6.45) is 1.19. The average Bonchev–Trinajstić information content (AvgIpc) is 2.94. The fourth-order valence-electron chi connectivity index (χ4n) is 1.99. The van der Waals surface area contributed by atoms with Crippen LogP contribution in [0.1, 0.15) is 30.8 Å². The van der Waals surface area contributed by atoms with Gasteiger partial charge in [0.05, 0.1) is 17.5 Å². The summed E-state index contributed by atoms with van der Waals surface area (Å²) < 4.78 is 18.2. The Morgan fingerprint density at radius 2 is 2.25 bits per heavy atom. The summed E-state index contributed by atoms with van der Waals surface area (Å²) in [5.74, 6) is 0.0497. The van der Waals surface area contributed by atoms with Gasteiger partial charge in [0, 0.05) is 12.5 Å². The van der Waals surface area contributed by atoms with Gasteiger partial charge in [-0.2, -0.15) is 5.26 Å². The van der Waals surface area contributed by atoms with Gasteiger partial charge in [0.2, 0.25) is 0 Å². The molecule has 20 heavy (non-hydrogen) atoms. The molecular weight excluding hydrogens is 259 g/mol. The van der Waals surface area contributed by atoms with Gasteiger partial charge in [-0.3, -0.25) is 0 Å². The van der Waals surface area contributed by atoms with Crippen molar-refractivity contribution in [2.45, 2.75) is 25.5 Å². The van der Waals surface area contributed by atoms with Gasteiger partial charge < -0.3 is 14.8 Å². The number of nitriles is 1. The highest BCUT2D eigenvalue weighted by Crippen LogP contribution is 2.22. The predicted molar refractivity (Wildman–Crippen MR) is 72.5 cm³/mol. The number of rotatable bonds is 5. The zero-order chi connectivity index (χ0) is 14.5. The molecule has 4 nitrogen and oxygen atoms in total. The molecule has 0 bridgehead atoms. The topological polar surface area (TPSA) is 69.2 Å². The Hall–Kier alpha value is -2.32. The van der Waals surface area contributed by atoms with Crippen LogP contribution in [0.5, 0.6) is 0 Å². The molecule has 0 spiro atoms. The fourth-order valence-corrected chi connectivity index (χ4v) is 1.99. The number of anilines is 1. The summed E-state index contributed by atoms with van der Waals surface area (Å²) in [6, 6.07) is 9.24. The van der Waals surface area contributed by atoms with E-state index in [0.29, 0.717) is 17.9 Å². The maximum atomic E-state index is 13.0. The number of furan rings is 1. The van der Waals surface area contributed by atoms with E-state index in [1.54, 1.807) is 12.1 Å². The molecule has 1 aromatic heterocycles. The molecule has 2 rings (SSSR count). The third-order valence-electron chi connectivity index (χ3n) is 2.95. The number of nitrogens with zero attached hydrogens (tertiary/aromatic N) is 1. The van der Waals surface area contributed by atoms with Crippen LogP contribution in [-0.2, 0) is 0 Å². The molecule has 0 amide bonds. The first-order chi connectivity index (χ1) is 9.60. The lowest BCUT2D eigenvalue weighted by Crippen LogP contribution is -2.19. The number of hydrogen-bond acceptors (Lipinski definition) is 4. The third-order valence-corrected chi connectivity index (χ3v) is 2.95. The lowest BCUT2D eigenvalue weighted by Gasteiger charge is -2.18. The molecule has 0 fully saturated rings. The van der Waals surface area contributed by atoms with Gasteiger partial charge >= 0.3 is 0 Å².